The van der Waals surface area contributed by atoms with Crippen LogP contribution in [0.2, 0.25) is 5.02 Å². The number of benzene rings is 2. The van der Waals surface area contributed by atoms with Crippen LogP contribution in [0.25, 0.3) is 0 Å². The highest BCUT2D eigenvalue weighted by atomic mass is 35.5. The van der Waals surface area contributed by atoms with Crippen LogP contribution in [0.5, 0.6) is 0 Å². The summed E-state index contributed by atoms with van der Waals surface area (Å²) < 4.78 is 43.2. The Labute approximate surface area is 213 Å². The minimum Gasteiger partial charge on any atom is -0.355 e. The van der Waals surface area contributed by atoms with Crippen molar-refractivity contribution in [3.05, 3.63) is 89.0 Å². The van der Waals surface area contributed by atoms with Gasteiger partial charge in [0.05, 0.1) is 10.6 Å². The zero-order chi connectivity index (χ0) is 25.7. The Kier molecular flexibility index (Phi) is 7.97. The largest absolute Gasteiger partial charge is 0.355 e. The zero-order valence-electron chi connectivity index (χ0n) is 19.2. The lowest BCUT2D eigenvalue weighted by molar-refractivity contribution is -0.124. The number of amides is 2. The predicted molar refractivity (Wildman–Crippen MR) is 133 cm³/mol. The average Bonchev–Trinajstić information content (AvgIpc) is 3.08. The molecule has 2 heterocycles. The molecule has 1 atom stereocenters. The van der Waals surface area contributed by atoms with E-state index < -0.39 is 33.7 Å². The second kappa shape index (κ2) is 11.2. The van der Waals surface area contributed by atoms with Crippen molar-refractivity contribution in [1.82, 2.24) is 14.6 Å². The van der Waals surface area contributed by atoms with Crippen molar-refractivity contribution >= 4 is 39.1 Å². The van der Waals surface area contributed by atoms with Gasteiger partial charge in [0.2, 0.25) is 15.9 Å². The van der Waals surface area contributed by atoms with Crippen LogP contribution >= 0.6 is 11.6 Å². The lowest BCUT2D eigenvalue weighted by atomic mass is 10.1. The Morgan fingerprint density at radius 3 is 2.61 bits per heavy atom. The molecule has 2 amide bonds. The van der Waals surface area contributed by atoms with Crippen molar-refractivity contribution in [2.24, 2.45) is 0 Å². The quantitative estimate of drug-likeness (QED) is 0.480. The molecule has 1 fully saturated rings. The molecule has 0 bridgehead atoms. The molecule has 4 rings (SSSR count). The number of hydrogen-bond donors (Lipinski definition) is 2. The van der Waals surface area contributed by atoms with Crippen LogP contribution in [0, 0.1) is 5.82 Å². The Bertz CT molecular complexity index is 1350. The molecule has 2 aromatic carbocycles. The monoisotopic (exact) mass is 530 g/mol. The zero-order valence-corrected chi connectivity index (χ0v) is 20.7. The van der Waals surface area contributed by atoms with Crippen LogP contribution in [-0.2, 0) is 21.4 Å². The van der Waals surface area contributed by atoms with E-state index >= 15 is 0 Å². The van der Waals surface area contributed by atoms with E-state index in [2.05, 4.69) is 15.6 Å². The molecule has 188 valence electrons. The van der Waals surface area contributed by atoms with Gasteiger partial charge in [-0.25, -0.2) is 12.8 Å². The topological polar surface area (TPSA) is 108 Å². The van der Waals surface area contributed by atoms with Gasteiger partial charge < -0.3 is 10.6 Å². The molecule has 1 aliphatic rings. The first-order chi connectivity index (χ1) is 17.3. The number of aromatic nitrogens is 1. The molecule has 36 heavy (non-hydrogen) atoms. The molecule has 0 radical (unpaired) electrons. The second-order valence-corrected chi connectivity index (χ2v) is 10.6. The first-order valence-electron chi connectivity index (χ1n) is 11.3. The summed E-state index contributed by atoms with van der Waals surface area (Å²) in [7, 11) is -4.13. The van der Waals surface area contributed by atoms with Gasteiger partial charge in [-0.05, 0) is 73.4 Å². The van der Waals surface area contributed by atoms with E-state index in [-0.39, 0.29) is 22.8 Å². The number of carbonyl (C=O) groups is 2. The van der Waals surface area contributed by atoms with Gasteiger partial charge in [0.25, 0.3) is 5.91 Å². The number of carbonyl (C=O) groups excluding carboxylic acids is 2. The standard InChI is InChI=1S/C25H24ClFN4O4S/c26-18-8-10-19(11-9-18)36(34,35)31(23-6-2-4-14-29-25(23)33)16-17-7-12-21(20(27)15-17)30-24(32)22-5-1-3-13-28-22/h1,3,5,7-13,15,23H,2,4,6,14,16H2,(H,29,33)(H,30,32)/t23-/m1/s1. The van der Waals surface area contributed by atoms with Gasteiger partial charge in [-0.2, -0.15) is 4.31 Å². The summed E-state index contributed by atoms with van der Waals surface area (Å²) in [6, 6.07) is 13.5. The molecular weight excluding hydrogens is 507 g/mol. The number of nitrogens with one attached hydrogen (secondary N) is 2. The SMILES string of the molecule is O=C(Nc1ccc(CN([C@@H]2CCCCNC2=O)S(=O)(=O)c2ccc(Cl)cc2)cc1F)c1ccccn1. The molecule has 3 aromatic rings. The van der Waals surface area contributed by atoms with Crippen LogP contribution in [-0.4, -0.2) is 42.1 Å². The Morgan fingerprint density at radius 1 is 1.14 bits per heavy atom. The fourth-order valence-electron chi connectivity index (χ4n) is 3.92. The third-order valence-corrected chi connectivity index (χ3v) is 7.91. The summed E-state index contributed by atoms with van der Waals surface area (Å²) in [4.78, 5) is 29.0. The molecule has 0 saturated carbocycles. The van der Waals surface area contributed by atoms with Crippen LogP contribution in [0.4, 0.5) is 10.1 Å². The number of anilines is 1. The van der Waals surface area contributed by atoms with Gasteiger partial charge in [-0.1, -0.05) is 23.7 Å². The molecule has 0 aliphatic carbocycles. The number of nitrogens with zero attached hydrogens (tertiary/aromatic N) is 2. The summed E-state index contributed by atoms with van der Waals surface area (Å²) in [6.07, 6.45) is 3.17. The second-order valence-electron chi connectivity index (χ2n) is 8.29. The summed E-state index contributed by atoms with van der Waals surface area (Å²) in [5.74, 6) is -1.72. The summed E-state index contributed by atoms with van der Waals surface area (Å²) in [5, 5.41) is 5.59. The van der Waals surface area contributed by atoms with E-state index in [1.54, 1.807) is 12.1 Å². The van der Waals surface area contributed by atoms with Crippen molar-refractivity contribution in [3.8, 4) is 0 Å². The molecule has 11 heteroatoms. The maximum absolute atomic E-state index is 14.9. The van der Waals surface area contributed by atoms with E-state index in [1.807, 2.05) is 0 Å². The van der Waals surface area contributed by atoms with Crippen molar-refractivity contribution in [2.45, 2.75) is 36.7 Å². The van der Waals surface area contributed by atoms with E-state index in [9.17, 15) is 22.4 Å². The van der Waals surface area contributed by atoms with E-state index in [0.717, 1.165) is 16.8 Å². The highest BCUT2D eigenvalue weighted by Crippen LogP contribution is 2.27. The lowest BCUT2D eigenvalue weighted by Crippen LogP contribution is -2.48. The molecule has 1 saturated heterocycles. The van der Waals surface area contributed by atoms with E-state index in [1.165, 1.54) is 48.7 Å². The van der Waals surface area contributed by atoms with E-state index in [0.29, 0.717) is 30.0 Å². The molecule has 2 N–H and O–H groups in total. The summed E-state index contributed by atoms with van der Waals surface area (Å²) >= 11 is 5.92. The number of sulfonamides is 1. The van der Waals surface area contributed by atoms with Crippen LogP contribution in [0.3, 0.4) is 0 Å². The molecule has 1 aromatic heterocycles. The minimum absolute atomic E-state index is 0.0244. The highest BCUT2D eigenvalue weighted by molar-refractivity contribution is 7.89. The Morgan fingerprint density at radius 2 is 1.92 bits per heavy atom. The average molecular weight is 531 g/mol. The Balaban J connectivity index is 1.63. The van der Waals surface area contributed by atoms with Gasteiger partial charge in [0.1, 0.15) is 17.6 Å². The summed E-state index contributed by atoms with van der Waals surface area (Å²) in [5.41, 5.74) is 0.368. The van der Waals surface area contributed by atoms with Crippen molar-refractivity contribution < 1.29 is 22.4 Å². The van der Waals surface area contributed by atoms with Crippen LogP contribution < -0.4 is 10.6 Å². The molecule has 8 nitrogen and oxygen atoms in total. The summed E-state index contributed by atoms with van der Waals surface area (Å²) in [6.45, 7) is 0.220. The molecule has 0 unspecified atom stereocenters. The smallest absolute Gasteiger partial charge is 0.274 e. The van der Waals surface area contributed by atoms with E-state index in [4.69, 9.17) is 11.6 Å². The molecule has 0 spiro atoms. The Hall–Kier alpha value is -3.34. The van der Waals surface area contributed by atoms with Gasteiger partial charge in [0.15, 0.2) is 0 Å². The third-order valence-electron chi connectivity index (χ3n) is 5.79. The maximum Gasteiger partial charge on any atom is 0.274 e. The third kappa shape index (κ3) is 5.89. The van der Waals surface area contributed by atoms with Gasteiger partial charge in [-0.15, -0.1) is 0 Å². The molecular formula is C25H24ClFN4O4S. The number of halogens is 2. The van der Waals surface area contributed by atoms with Crippen molar-refractivity contribution in [3.63, 3.8) is 0 Å². The fourth-order valence-corrected chi connectivity index (χ4v) is 5.66. The predicted octanol–water partition coefficient (Wildman–Crippen LogP) is 3.99. The normalized spacial score (nSPS) is 16.3. The first kappa shape index (κ1) is 25.7. The molecule has 1 aliphatic heterocycles. The highest BCUT2D eigenvalue weighted by Gasteiger charge is 2.36. The van der Waals surface area contributed by atoms with Crippen LogP contribution in [0.15, 0.2) is 71.8 Å². The number of rotatable bonds is 7. The maximum atomic E-state index is 14.9. The van der Waals surface area contributed by atoms with Crippen molar-refractivity contribution in [2.75, 3.05) is 11.9 Å². The van der Waals surface area contributed by atoms with Gasteiger partial charge in [-0.3, -0.25) is 14.6 Å². The van der Waals surface area contributed by atoms with Gasteiger partial charge >= 0.3 is 0 Å². The fraction of sp³-hybridized carbons (Fsp3) is 0.240. The minimum atomic E-state index is -4.13. The van der Waals surface area contributed by atoms with Crippen LogP contribution in [0.1, 0.15) is 35.3 Å². The number of pyridine rings is 1. The lowest BCUT2D eigenvalue weighted by Gasteiger charge is -2.29. The number of hydrogen-bond acceptors (Lipinski definition) is 5. The van der Waals surface area contributed by atoms with Crippen molar-refractivity contribution in [1.29, 1.82) is 0 Å². The first-order valence-corrected chi connectivity index (χ1v) is 13.1. The van der Waals surface area contributed by atoms with Gasteiger partial charge in [0, 0.05) is 24.3 Å².